The molecule has 0 aliphatic rings. The Morgan fingerprint density at radius 3 is 1.82 bits per heavy atom. The van der Waals surface area contributed by atoms with E-state index in [1.54, 1.807) is 0 Å². The number of hydrogen-bond donors (Lipinski definition) is 1. The second-order valence-corrected chi connectivity index (χ2v) is 7.10. The smallest absolute Gasteiger partial charge is 0.305 e. The van der Waals surface area contributed by atoms with Crippen molar-refractivity contribution in [2.75, 3.05) is 11.5 Å². The van der Waals surface area contributed by atoms with Crippen molar-refractivity contribution >= 4 is 29.5 Å². The molecule has 0 unspecified atom stereocenters. The van der Waals surface area contributed by atoms with Gasteiger partial charge in [-0.15, -0.1) is 23.5 Å². The monoisotopic (exact) mass is 278 g/mol. The van der Waals surface area contributed by atoms with Gasteiger partial charge in [-0.05, 0) is 24.3 Å². The van der Waals surface area contributed by atoms with Crippen LogP contribution in [0.15, 0.2) is 0 Å². The third kappa shape index (κ3) is 12.4. The summed E-state index contributed by atoms with van der Waals surface area (Å²) in [6.07, 6.45) is 7.70. The molecule has 0 fully saturated rings. The van der Waals surface area contributed by atoms with Crippen molar-refractivity contribution in [3.63, 3.8) is 0 Å². The zero-order chi connectivity index (χ0) is 12.9. The van der Waals surface area contributed by atoms with E-state index in [2.05, 4.69) is 13.8 Å². The molecule has 0 aliphatic heterocycles. The fourth-order valence-corrected chi connectivity index (χ4v) is 4.19. The van der Waals surface area contributed by atoms with E-state index in [-0.39, 0.29) is 4.58 Å². The Labute approximate surface area is 114 Å². The lowest BCUT2D eigenvalue weighted by Crippen LogP contribution is -2.08. The van der Waals surface area contributed by atoms with Crippen LogP contribution in [-0.4, -0.2) is 27.2 Å². The van der Waals surface area contributed by atoms with E-state index in [9.17, 15) is 4.79 Å². The van der Waals surface area contributed by atoms with Crippen LogP contribution in [0.4, 0.5) is 0 Å². The first-order valence-electron chi connectivity index (χ1n) is 6.65. The maximum Gasteiger partial charge on any atom is 0.305 e. The van der Waals surface area contributed by atoms with Gasteiger partial charge in [-0.1, -0.05) is 39.5 Å². The van der Waals surface area contributed by atoms with Crippen LogP contribution in [-0.2, 0) is 4.79 Å². The SMILES string of the molecule is CCCCCSC(CC(=O)O)SCCCCC. The Morgan fingerprint density at radius 1 is 1.00 bits per heavy atom. The molecule has 0 atom stereocenters. The van der Waals surface area contributed by atoms with E-state index in [1.807, 2.05) is 23.5 Å². The fourth-order valence-electron chi connectivity index (χ4n) is 1.44. The molecule has 0 aromatic rings. The quantitative estimate of drug-likeness (QED) is 0.417. The van der Waals surface area contributed by atoms with Gasteiger partial charge in [-0.2, -0.15) is 0 Å². The highest BCUT2D eigenvalue weighted by molar-refractivity contribution is 8.17. The van der Waals surface area contributed by atoms with Gasteiger partial charge in [0.2, 0.25) is 0 Å². The number of carbonyl (C=O) groups is 1. The van der Waals surface area contributed by atoms with Gasteiger partial charge in [-0.25, -0.2) is 0 Å². The van der Waals surface area contributed by atoms with E-state index in [0.717, 1.165) is 11.5 Å². The molecule has 17 heavy (non-hydrogen) atoms. The first-order valence-corrected chi connectivity index (χ1v) is 8.75. The number of thioether (sulfide) groups is 2. The molecule has 2 nitrogen and oxygen atoms in total. The lowest BCUT2D eigenvalue weighted by molar-refractivity contribution is -0.136. The van der Waals surface area contributed by atoms with Crippen molar-refractivity contribution in [2.24, 2.45) is 0 Å². The summed E-state index contributed by atoms with van der Waals surface area (Å²) in [6.45, 7) is 4.39. The minimum atomic E-state index is -0.666. The van der Waals surface area contributed by atoms with Gasteiger partial charge in [-0.3, -0.25) is 4.79 Å². The highest BCUT2D eigenvalue weighted by Crippen LogP contribution is 2.28. The second-order valence-electron chi connectivity index (χ2n) is 4.18. The summed E-state index contributed by atoms with van der Waals surface area (Å²) in [4.78, 5) is 10.8. The summed E-state index contributed by atoms with van der Waals surface area (Å²) in [5.41, 5.74) is 0. The Bertz CT molecular complexity index is 174. The van der Waals surface area contributed by atoms with Crippen molar-refractivity contribution in [3.05, 3.63) is 0 Å². The molecule has 0 saturated heterocycles. The number of rotatable bonds is 12. The summed E-state index contributed by atoms with van der Waals surface area (Å²) in [5.74, 6) is 1.54. The third-order valence-electron chi connectivity index (χ3n) is 2.44. The maximum absolute atomic E-state index is 10.8. The number of unbranched alkanes of at least 4 members (excludes halogenated alkanes) is 4. The van der Waals surface area contributed by atoms with Gasteiger partial charge in [0.1, 0.15) is 0 Å². The van der Waals surface area contributed by atoms with Gasteiger partial charge in [0.15, 0.2) is 0 Å². The molecule has 0 amide bonds. The Kier molecular flexibility index (Phi) is 12.7. The van der Waals surface area contributed by atoms with Crippen LogP contribution in [0.3, 0.4) is 0 Å². The molecule has 0 aromatic heterocycles. The van der Waals surface area contributed by atoms with E-state index >= 15 is 0 Å². The molecule has 0 rings (SSSR count). The molecule has 0 radical (unpaired) electrons. The molecule has 0 aliphatic carbocycles. The Hall–Kier alpha value is 0.170. The van der Waals surface area contributed by atoms with Gasteiger partial charge in [0, 0.05) is 0 Å². The zero-order valence-corrected chi connectivity index (χ0v) is 12.7. The molecule has 0 saturated carbocycles. The van der Waals surface area contributed by atoms with Crippen LogP contribution >= 0.6 is 23.5 Å². The number of aliphatic carboxylic acids is 1. The van der Waals surface area contributed by atoms with Crippen LogP contribution in [0.2, 0.25) is 0 Å². The molecule has 102 valence electrons. The van der Waals surface area contributed by atoms with Gasteiger partial charge >= 0.3 is 5.97 Å². The molecule has 1 N–H and O–H groups in total. The summed E-state index contributed by atoms with van der Waals surface area (Å²) in [5, 5.41) is 8.86. The molecule has 0 spiro atoms. The minimum Gasteiger partial charge on any atom is -0.481 e. The summed E-state index contributed by atoms with van der Waals surface area (Å²) in [6, 6.07) is 0. The first kappa shape index (κ1) is 17.2. The molecule has 0 heterocycles. The van der Waals surface area contributed by atoms with Gasteiger partial charge in [0.25, 0.3) is 0 Å². The van der Waals surface area contributed by atoms with E-state index in [0.29, 0.717) is 6.42 Å². The first-order chi connectivity index (χ1) is 8.20. The summed E-state index contributed by atoms with van der Waals surface area (Å²) >= 11 is 3.66. The molecular formula is C13H26O2S2. The van der Waals surface area contributed by atoms with Crippen molar-refractivity contribution in [1.29, 1.82) is 0 Å². The molecule has 0 aromatic carbocycles. The minimum absolute atomic E-state index is 0.251. The van der Waals surface area contributed by atoms with Crippen LogP contribution in [0.1, 0.15) is 58.8 Å². The van der Waals surface area contributed by atoms with Crippen LogP contribution < -0.4 is 0 Å². The standard InChI is InChI=1S/C13H26O2S2/c1-3-5-7-9-16-13(11-12(14)15)17-10-8-6-4-2/h13H,3-11H2,1-2H3,(H,14,15). The summed E-state index contributed by atoms with van der Waals surface area (Å²) in [7, 11) is 0. The number of carboxylic acid groups (broad SMARTS) is 1. The topological polar surface area (TPSA) is 37.3 Å². The van der Waals surface area contributed by atoms with Crippen molar-refractivity contribution < 1.29 is 9.90 Å². The predicted octanol–water partition coefficient (Wildman–Crippen LogP) is 4.63. The van der Waals surface area contributed by atoms with Crippen LogP contribution in [0.25, 0.3) is 0 Å². The average molecular weight is 278 g/mol. The molecular weight excluding hydrogens is 252 g/mol. The predicted molar refractivity (Wildman–Crippen MR) is 80.0 cm³/mol. The third-order valence-corrected chi connectivity index (χ3v) is 5.39. The van der Waals surface area contributed by atoms with E-state index < -0.39 is 5.97 Å². The largest absolute Gasteiger partial charge is 0.481 e. The molecule has 4 heteroatoms. The normalized spacial score (nSPS) is 11.0. The zero-order valence-electron chi connectivity index (χ0n) is 11.1. The van der Waals surface area contributed by atoms with Crippen molar-refractivity contribution in [2.45, 2.75) is 63.4 Å². The number of hydrogen-bond acceptors (Lipinski definition) is 3. The highest BCUT2D eigenvalue weighted by Gasteiger charge is 2.13. The summed E-state index contributed by atoms with van der Waals surface area (Å²) < 4.78 is 0.251. The lowest BCUT2D eigenvalue weighted by atomic mass is 10.3. The van der Waals surface area contributed by atoms with Crippen LogP contribution in [0, 0.1) is 0 Å². The van der Waals surface area contributed by atoms with E-state index in [4.69, 9.17) is 5.11 Å². The molecule has 0 bridgehead atoms. The average Bonchev–Trinajstić information content (AvgIpc) is 2.29. The van der Waals surface area contributed by atoms with Crippen molar-refractivity contribution in [3.8, 4) is 0 Å². The van der Waals surface area contributed by atoms with Gasteiger partial charge in [0.05, 0.1) is 11.0 Å². The van der Waals surface area contributed by atoms with E-state index in [1.165, 1.54) is 38.5 Å². The van der Waals surface area contributed by atoms with Gasteiger partial charge < -0.3 is 5.11 Å². The number of carboxylic acids is 1. The van der Waals surface area contributed by atoms with Crippen LogP contribution in [0.5, 0.6) is 0 Å². The maximum atomic E-state index is 10.8. The lowest BCUT2D eigenvalue weighted by Gasteiger charge is -2.13. The Balaban J connectivity index is 3.68. The van der Waals surface area contributed by atoms with Crippen molar-refractivity contribution in [1.82, 2.24) is 0 Å². The Morgan fingerprint density at radius 2 is 1.47 bits per heavy atom. The highest BCUT2D eigenvalue weighted by atomic mass is 32.2. The second kappa shape index (κ2) is 12.6. The fraction of sp³-hybridized carbons (Fsp3) is 0.923.